The van der Waals surface area contributed by atoms with Gasteiger partial charge in [-0.3, -0.25) is 39.9 Å². The number of rotatable bonds is 18. The number of nitrogens with one attached hydrogen (secondary N) is 6. The van der Waals surface area contributed by atoms with E-state index in [0.29, 0.717) is 51.7 Å². The standard InChI is InChI=1S/C14H19N3O5.C13H20N4O3.C10H13N3O4.C8H6N2O3.C2H7NO/c1-9(2)13(18)22-5-4-15-14(19)16-11-6-10(3)7-12(8-11)17(20)21;1-8(2)12(18)20-4-3-16-13(19)17-11-6-9(14)5-10(15)7-11;1-7-4-8(6-9(5-7)13(16)17)12-10(15)11-2-3-14;1-6-2-7(9-5-11)4-8(3-6)10(12)13;3-1-2-4/h6-9H,4-5H2,1-3H3,(H2,15,16,19);5-8H,3-4,14-15H2,1-2H3,(H2,16,17,19);4-6,14H,2-3H2,1H3,(H2,11,12,15);2-4H,1H3;4H,1-3H2. The lowest BCUT2D eigenvalue weighted by Gasteiger charge is -2.10. The van der Waals surface area contributed by atoms with Crippen LogP contribution in [0.2, 0.25) is 0 Å². The van der Waals surface area contributed by atoms with Crippen LogP contribution in [0.25, 0.3) is 0 Å². The highest BCUT2D eigenvalue weighted by molar-refractivity contribution is 5.91. The van der Waals surface area contributed by atoms with Crippen LogP contribution in [0.1, 0.15) is 44.4 Å². The molecule has 414 valence electrons. The van der Waals surface area contributed by atoms with Crippen LogP contribution in [0.15, 0.2) is 77.8 Å². The first-order chi connectivity index (χ1) is 35.7. The van der Waals surface area contributed by atoms with Gasteiger partial charge in [0.15, 0.2) is 0 Å². The molecule has 0 radical (unpaired) electrons. The van der Waals surface area contributed by atoms with Crippen LogP contribution in [0.5, 0.6) is 0 Å². The molecule has 6 amide bonds. The van der Waals surface area contributed by atoms with Crippen molar-refractivity contribution in [2.45, 2.75) is 48.5 Å². The highest BCUT2D eigenvalue weighted by Crippen LogP contribution is 2.23. The van der Waals surface area contributed by atoms with Gasteiger partial charge >= 0.3 is 30.0 Å². The molecule has 0 saturated heterocycles. The highest BCUT2D eigenvalue weighted by Gasteiger charge is 2.13. The van der Waals surface area contributed by atoms with Gasteiger partial charge in [0.2, 0.25) is 6.08 Å². The Balaban J connectivity index is 0.000000976. The number of aliphatic imine (C=N–C) groups is 1. The molecule has 76 heavy (non-hydrogen) atoms. The van der Waals surface area contributed by atoms with Crippen LogP contribution in [0, 0.1) is 62.9 Å². The van der Waals surface area contributed by atoms with E-state index in [1.54, 1.807) is 84.9 Å². The van der Waals surface area contributed by atoms with E-state index < -0.39 is 32.9 Å². The molecule has 0 fully saturated rings. The largest absolute Gasteiger partial charge is 0.464 e. The summed E-state index contributed by atoms with van der Waals surface area (Å²) in [5, 5.41) is 62.9. The van der Waals surface area contributed by atoms with Crippen LogP contribution in [0.3, 0.4) is 0 Å². The van der Waals surface area contributed by atoms with Crippen LogP contribution < -0.4 is 49.1 Å². The summed E-state index contributed by atoms with van der Waals surface area (Å²) in [5.74, 6) is -1.03. The van der Waals surface area contributed by atoms with Gasteiger partial charge < -0.3 is 68.8 Å². The zero-order chi connectivity index (χ0) is 57.9. The Kier molecular flexibility index (Phi) is 32.1. The number of esters is 2. The molecule has 4 rings (SSSR count). The molecule has 0 heterocycles. The van der Waals surface area contributed by atoms with Crippen LogP contribution in [-0.2, 0) is 23.9 Å². The molecule has 0 unspecified atom stereocenters. The highest BCUT2D eigenvalue weighted by atomic mass is 16.6. The molecule has 0 atom stereocenters. The Labute approximate surface area is 436 Å². The Bertz CT molecular complexity index is 2590. The normalized spacial score (nSPS) is 9.74. The van der Waals surface area contributed by atoms with Crippen molar-refractivity contribution >= 4 is 87.3 Å². The summed E-state index contributed by atoms with van der Waals surface area (Å²) in [6.07, 6.45) is 1.33. The van der Waals surface area contributed by atoms with Gasteiger partial charge in [0, 0.05) is 77.9 Å². The van der Waals surface area contributed by atoms with Gasteiger partial charge in [0.05, 0.1) is 58.6 Å². The smallest absolute Gasteiger partial charge is 0.319 e. The Hall–Kier alpha value is -9.31. The first-order valence-electron chi connectivity index (χ1n) is 22.7. The quantitative estimate of drug-likeness (QED) is 0.0116. The van der Waals surface area contributed by atoms with Crippen molar-refractivity contribution < 1.29 is 63.2 Å². The van der Waals surface area contributed by atoms with E-state index in [1.807, 2.05) is 0 Å². The number of nitro groups is 3. The van der Waals surface area contributed by atoms with Crippen molar-refractivity contribution in [3.8, 4) is 0 Å². The van der Waals surface area contributed by atoms with E-state index in [1.165, 1.54) is 42.5 Å². The van der Waals surface area contributed by atoms with Crippen molar-refractivity contribution in [3.63, 3.8) is 0 Å². The second-order valence-corrected chi connectivity index (χ2v) is 16.0. The third-order valence-corrected chi connectivity index (χ3v) is 8.46. The van der Waals surface area contributed by atoms with E-state index >= 15 is 0 Å². The number of carbonyl (C=O) groups is 5. The van der Waals surface area contributed by atoms with Crippen molar-refractivity contribution in [2.75, 3.05) is 80.0 Å². The average Bonchev–Trinajstić information content (AvgIpc) is 3.33. The fourth-order valence-electron chi connectivity index (χ4n) is 5.26. The molecule has 29 nitrogen and oxygen atoms in total. The second-order valence-electron chi connectivity index (χ2n) is 16.0. The molecular formula is C47H65N13O16. The third kappa shape index (κ3) is 30.5. The monoisotopic (exact) mass is 1070 g/mol. The topological polar surface area (TPSA) is 453 Å². The summed E-state index contributed by atoms with van der Waals surface area (Å²) in [6.45, 7) is 13.0. The fraction of sp³-hybridized carbons (Fsp3) is 0.362. The number of urea groups is 3. The number of carbonyl (C=O) groups excluding carboxylic acids is 6. The number of aliphatic hydroxyl groups excluding tert-OH is 2. The summed E-state index contributed by atoms with van der Waals surface area (Å²) in [7, 11) is 0. The molecule has 0 aliphatic heterocycles. The number of anilines is 5. The predicted molar refractivity (Wildman–Crippen MR) is 282 cm³/mol. The van der Waals surface area contributed by atoms with Crippen molar-refractivity contribution in [2.24, 2.45) is 22.6 Å². The zero-order valence-electron chi connectivity index (χ0n) is 42.9. The molecular weight excluding hydrogens is 1000 g/mol. The molecule has 14 N–H and O–H groups in total. The van der Waals surface area contributed by atoms with E-state index in [2.05, 4.69) is 36.9 Å². The molecule has 0 aliphatic rings. The minimum atomic E-state index is -0.531. The first-order valence-corrected chi connectivity index (χ1v) is 22.7. The van der Waals surface area contributed by atoms with Gasteiger partial charge in [-0.05, 0) is 73.9 Å². The summed E-state index contributed by atoms with van der Waals surface area (Å²) in [5.41, 5.74) is 20.1. The number of nitrogens with zero attached hydrogens (tertiary/aromatic N) is 4. The zero-order valence-corrected chi connectivity index (χ0v) is 42.9. The maximum atomic E-state index is 11.7. The lowest BCUT2D eigenvalue weighted by Crippen LogP contribution is -2.32. The third-order valence-electron chi connectivity index (χ3n) is 8.46. The number of isocyanates is 1. The van der Waals surface area contributed by atoms with Crippen molar-refractivity contribution in [3.05, 3.63) is 120 Å². The SMILES string of the molecule is CC(C)C(=O)OCCNC(=O)Nc1cc(N)cc(N)c1.Cc1cc(N=C=O)cc([N+](=O)[O-])c1.Cc1cc(NC(=O)NCCO)cc([N+](=O)[O-])c1.Cc1cc(NC(=O)NCCOC(=O)C(C)C)cc([N+](=O)[O-])c1.NCCO. The van der Waals surface area contributed by atoms with Gasteiger partial charge in [0.1, 0.15) is 13.2 Å². The van der Waals surface area contributed by atoms with Crippen LogP contribution in [0.4, 0.5) is 65.6 Å². The summed E-state index contributed by atoms with van der Waals surface area (Å²) in [6, 6.07) is 16.1. The minimum Gasteiger partial charge on any atom is -0.464 e. The van der Waals surface area contributed by atoms with E-state index in [-0.39, 0.29) is 92.6 Å². The number of aliphatic hydroxyl groups is 2. The summed E-state index contributed by atoms with van der Waals surface area (Å²) >= 11 is 0. The first kappa shape index (κ1) is 66.7. The van der Waals surface area contributed by atoms with E-state index in [4.69, 9.17) is 36.9 Å². The summed E-state index contributed by atoms with van der Waals surface area (Å²) in [4.78, 5) is 100. The maximum Gasteiger partial charge on any atom is 0.319 e. The molecule has 0 aliphatic carbocycles. The number of hydrogen-bond donors (Lipinski definition) is 11. The van der Waals surface area contributed by atoms with Crippen LogP contribution >= 0.6 is 0 Å². The van der Waals surface area contributed by atoms with Gasteiger partial charge in [-0.1, -0.05) is 27.7 Å². The number of amides is 6. The van der Waals surface area contributed by atoms with Gasteiger partial charge in [-0.25, -0.2) is 19.2 Å². The molecule has 4 aromatic rings. The molecule has 0 bridgehead atoms. The number of nitro benzene ring substituents is 3. The molecule has 29 heteroatoms. The number of non-ortho nitro benzene ring substituents is 3. The number of hydrogen-bond acceptors (Lipinski definition) is 20. The minimum absolute atomic E-state index is 0.0679. The van der Waals surface area contributed by atoms with E-state index in [9.17, 15) is 59.1 Å². The van der Waals surface area contributed by atoms with Gasteiger partial charge in [0.25, 0.3) is 17.1 Å². The maximum absolute atomic E-state index is 11.7. The lowest BCUT2D eigenvalue weighted by molar-refractivity contribution is -0.385. The number of benzene rings is 4. The average molecular weight is 1070 g/mol. The molecule has 0 saturated carbocycles. The predicted octanol–water partition coefficient (Wildman–Crippen LogP) is 5.22. The lowest BCUT2D eigenvalue weighted by atomic mass is 10.2. The van der Waals surface area contributed by atoms with Gasteiger partial charge in [-0.2, -0.15) is 4.99 Å². The Morgan fingerprint density at radius 3 is 1.24 bits per heavy atom. The second kappa shape index (κ2) is 36.6. The Morgan fingerprint density at radius 2 is 0.908 bits per heavy atom. The van der Waals surface area contributed by atoms with Crippen molar-refractivity contribution in [1.82, 2.24) is 16.0 Å². The number of nitrogens with two attached hydrogens (primary N) is 3. The number of aryl methyl sites for hydroxylation is 3. The molecule has 0 spiro atoms. The molecule has 4 aromatic carbocycles. The Morgan fingerprint density at radius 1 is 0.566 bits per heavy atom. The number of ether oxygens (including phenoxy) is 2. The van der Waals surface area contributed by atoms with Gasteiger partial charge in [-0.15, -0.1) is 0 Å². The molecule has 0 aromatic heterocycles. The van der Waals surface area contributed by atoms with E-state index in [0.717, 1.165) is 0 Å². The van der Waals surface area contributed by atoms with Crippen LogP contribution in [-0.4, -0.2) is 114 Å². The number of nitrogen functional groups attached to an aromatic ring is 2. The summed E-state index contributed by atoms with van der Waals surface area (Å²) < 4.78 is 9.82. The van der Waals surface area contributed by atoms with Crippen molar-refractivity contribution in [1.29, 1.82) is 0 Å². The fourth-order valence-corrected chi connectivity index (χ4v) is 5.26.